The van der Waals surface area contributed by atoms with Crippen LogP contribution in [0.1, 0.15) is 18.9 Å². The molecule has 98 valence electrons. The largest absolute Gasteiger partial charge is 0.481 e. The highest BCUT2D eigenvalue weighted by molar-refractivity contribution is 5.93. The molecular formula is C13H18N2O3. The lowest BCUT2D eigenvalue weighted by Gasteiger charge is -2.10. The average Bonchev–Trinajstić information content (AvgIpc) is 2.35. The Hall–Kier alpha value is -1.88. The lowest BCUT2D eigenvalue weighted by atomic mass is 10.1. The van der Waals surface area contributed by atoms with Crippen LogP contribution in [0.3, 0.4) is 0 Å². The van der Waals surface area contributed by atoms with Crippen LogP contribution in [0.25, 0.3) is 0 Å². The highest BCUT2D eigenvalue weighted by Gasteiger charge is 2.07. The summed E-state index contributed by atoms with van der Waals surface area (Å²) in [6.07, 6.45) is 0.465. The fourth-order valence-corrected chi connectivity index (χ4v) is 1.53. The zero-order valence-electron chi connectivity index (χ0n) is 10.4. The number of carbonyl (C=O) groups excluding carboxylic acids is 1. The number of hydrogen-bond acceptors (Lipinski definition) is 3. The minimum absolute atomic E-state index is 0.0556. The first-order valence-electron chi connectivity index (χ1n) is 5.93. The maximum Gasteiger partial charge on any atom is 0.303 e. The van der Waals surface area contributed by atoms with Crippen molar-refractivity contribution in [2.75, 3.05) is 18.4 Å². The van der Waals surface area contributed by atoms with Crippen molar-refractivity contribution in [2.24, 2.45) is 0 Å². The van der Waals surface area contributed by atoms with Crippen LogP contribution in [0, 0.1) is 0 Å². The van der Waals surface area contributed by atoms with Crippen LogP contribution < -0.4 is 10.6 Å². The van der Waals surface area contributed by atoms with Gasteiger partial charge in [0.15, 0.2) is 0 Å². The van der Waals surface area contributed by atoms with E-state index in [2.05, 4.69) is 10.6 Å². The number of aliphatic carboxylic acids is 1. The number of likely N-dealkylation sites (N-methyl/N-ethyl adjacent to an activating group) is 1. The smallest absolute Gasteiger partial charge is 0.303 e. The van der Waals surface area contributed by atoms with Crippen molar-refractivity contribution < 1.29 is 14.7 Å². The molecule has 18 heavy (non-hydrogen) atoms. The van der Waals surface area contributed by atoms with Gasteiger partial charge in [-0.3, -0.25) is 9.59 Å². The third-order valence-electron chi connectivity index (χ3n) is 2.44. The quantitative estimate of drug-likeness (QED) is 0.680. The van der Waals surface area contributed by atoms with Crippen LogP contribution in [0.4, 0.5) is 5.69 Å². The number of para-hydroxylation sites is 1. The number of anilines is 1. The van der Waals surface area contributed by atoms with Crippen LogP contribution >= 0.6 is 0 Å². The Morgan fingerprint density at radius 1 is 1.28 bits per heavy atom. The summed E-state index contributed by atoms with van der Waals surface area (Å²) < 4.78 is 0. The number of benzene rings is 1. The molecule has 0 spiro atoms. The van der Waals surface area contributed by atoms with Gasteiger partial charge in [-0.15, -0.1) is 0 Å². The van der Waals surface area contributed by atoms with Crippen LogP contribution in [0.2, 0.25) is 0 Å². The van der Waals surface area contributed by atoms with Crippen LogP contribution in [-0.2, 0) is 16.0 Å². The number of carboxylic acid groups (broad SMARTS) is 1. The minimum atomic E-state index is -0.844. The van der Waals surface area contributed by atoms with Gasteiger partial charge in [-0.2, -0.15) is 0 Å². The molecule has 0 bridgehead atoms. The number of aryl methyl sites for hydroxylation is 1. The zero-order valence-corrected chi connectivity index (χ0v) is 10.4. The predicted molar refractivity (Wildman–Crippen MR) is 69.6 cm³/mol. The first-order chi connectivity index (χ1) is 8.63. The van der Waals surface area contributed by atoms with Gasteiger partial charge >= 0.3 is 5.97 Å². The van der Waals surface area contributed by atoms with Crippen molar-refractivity contribution in [1.29, 1.82) is 0 Å². The zero-order chi connectivity index (χ0) is 13.4. The van der Waals surface area contributed by atoms with Crippen molar-refractivity contribution in [1.82, 2.24) is 5.32 Å². The number of nitrogens with one attached hydrogen (secondary N) is 2. The summed E-state index contributed by atoms with van der Waals surface area (Å²) in [5.74, 6) is -0.969. The molecular weight excluding hydrogens is 232 g/mol. The second kappa shape index (κ2) is 7.45. The normalized spacial score (nSPS) is 10.1. The van der Waals surface area contributed by atoms with E-state index in [1.54, 1.807) is 6.07 Å². The van der Waals surface area contributed by atoms with E-state index in [-0.39, 0.29) is 18.9 Å². The second-order valence-corrected chi connectivity index (χ2v) is 3.88. The van der Waals surface area contributed by atoms with Crippen molar-refractivity contribution in [3.8, 4) is 0 Å². The predicted octanol–water partition coefficient (Wildman–Crippen LogP) is 1.25. The van der Waals surface area contributed by atoms with Crippen molar-refractivity contribution in [3.63, 3.8) is 0 Å². The summed E-state index contributed by atoms with van der Waals surface area (Å²) >= 11 is 0. The molecule has 1 amide bonds. The van der Waals surface area contributed by atoms with E-state index in [0.717, 1.165) is 12.1 Å². The summed E-state index contributed by atoms with van der Waals surface area (Å²) in [5.41, 5.74) is 1.52. The van der Waals surface area contributed by atoms with Gasteiger partial charge in [0.25, 0.3) is 0 Å². The maximum absolute atomic E-state index is 11.6. The van der Waals surface area contributed by atoms with Crippen LogP contribution in [0.5, 0.6) is 0 Å². The molecule has 3 N–H and O–H groups in total. The van der Waals surface area contributed by atoms with Gasteiger partial charge < -0.3 is 15.7 Å². The molecule has 0 radical (unpaired) electrons. The third kappa shape index (κ3) is 4.97. The highest BCUT2D eigenvalue weighted by atomic mass is 16.4. The molecule has 5 nitrogen and oxygen atoms in total. The molecule has 0 fully saturated rings. The summed E-state index contributed by atoms with van der Waals surface area (Å²) in [4.78, 5) is 22.1. The summed E-state index contributed by atoms with van der Waals surface area (Å²) in [5, 5.41) is 14.4. The molecule has 0 aliphatic rings. The van der Waals surface area contributed by atoms with Crippen LogP contribution in [0.15, 0.2) is 24.3 Å². The molecule has 0 aliphatic heterocycles. The Morgan fingerprint density at radius 3 is 2.67 bits per heavy atom. The van der Waals surface area contributed by atoms with E-state index in [4.69, 9.17) is 5.11 Å². The Kier molecular flexibility index (Phi) is 5.87. The molecule has 0 atom stereocenters. The molecule has 0 aromatic heterocycles. The number of carbonyl (C=O) groups is 2. The Balaban J connectivity index is 2.63. The lowest BCUT2D eigenvalue weighted by molar-refractivity contribution is -0.136. The van der Waals surface area contributed by atoms with Gasteiger partial charge in [0.05, 0.1) is 6.54 Å². The Morgan fingerprint density at radius 2 is 2.00 bits per heavy atom. The van der Waals surface area contributed by atoms with E-state index in [9.17, 15) is 9.59 Å². The number of rotatable bonds is 7. The maximum atomic E-state index is 11.6. The van der Waals surface area contributed by atoms with E-state index in [1.165, 1.54) is 0 Å². The van der Waals surface area contributed by atoms with Gasteiger partial charge in [0.1, 0.15) is 0 Å². The first-order valence-corrected chi connectivity index (χ1v) is 5.93. The van der Waals surface area contributed by atoms with E-state index in [0.29, 0.717) is 12.1 Å². The molecule has 0 heterocycles. The summed E-state index contributed by atoms with van der Waals surface area (Å²) in [7, 11) is 0. The first kappa shape index (κ1) is 14.2. The topological polar surface area (TPSA) is 78.4 Å². The average molecular weight is 250 g/mol. The fourth-order valence-electron chi connectivity index (χ4n) is 1.53. The van der Waals surface area contributed by atoms with Crippen molar-refractivity contribution in [3.05, 3.63) is 29.8 Å². The molecule has 0 saturated heterocycles. The summed E-state index contributed by atoms with van der Waals surface area (Å²) in [6.45, 7) is 2.91. The van der Waals surface area contributed by atoms with Crippen molar-refractivity contribution >= 4 is 17.6 Å². The standard InChI is InChI=1S/C13H18N2O3/c1-2-14-9-12(16)15-11-6-4-3-5-10(11)7-8-13(17)18/h3-6,14H,2,7-9H2,1H3,(H,15,16)(H,17,18). The monoisotopic (exact) mass is 250 g/mol. The van der Waals surface area contributed by atoms with Gasteiger partial charge in [0, 0.05) is 12.1 Å². The van der Waals surface area contributed by atoms with Gasteiger partial charge in [0.2, 0.25) is 5.91 Å². The minimum Gasteiger partial charge on any atom is -0.481 e. The second-order valence-electron chi connectivity index (χ2n) is 3.88. The Bertz CT molecular complexity index is 418. The summed E-state index contributed by atoms with van der Waals surface area (Å²) in [6, 6.07) is 7.25. The SMILES string of the molecule is CCNCC(=O)Nc1ccccc1CCC(=O)O. The lowest BCUT2D eigenvalue weighted by Crippen LogP contribution is -2.28. The van der Waals surface area contributed by atoms with E-state index in [1.807, 2.05) is 25.1 Å². The fraction of sp³-hybridized carbons (Fsp3) is 0.385. The third-order valence-corrected chi connectivity index (χ3v) is 2.44. The molecule has 1 rings (SSSR count). The molecule has 0 aliphatic carbocycles. The Labute approximate surface area is 106 Å². The van der Waals surface area contributed by atoms with Gasteiger partial charge in [-0.1, -0.05) is 25.1 Å². The van der Waals surface area contributed by atoms with E-state index < -0.39 is 5.97 Å². The molecule has 1 aromatic rings. The van der Waals surface area contributed by atoms with Gasteiger partial charge in [-0.05, 0) is 24.6 Å². The molecule has 1 aromatic carbocycles. The van der Waals surface area contributed by atoms with Crippen LogP contribution in [-0.4, -0.2) is 30.1 Å². The van der Waals surface area contributed by atoms with Crippen molar-refractivity contribution in [2.45, 2.75) is 19.8 Å². The number of amides is 1. The van der Waals surface area contributed by atoms with E-state index >= 15 is 0 Å². The highest BCUT2D eigenvalue weighted by Crippen LogP contribution is 2.16. The van der Waals surface area contributed by atoms with Gasteiger partial charge in [-0.25, -0.2) is 0 Å². The number of carboxylic acids is 1. The molecule has 0 unspecified atom stereocenters. The molecule has 5 heteroatoms. The number of hydrogen-bond donors (Lipinski definition) is 3. The molecule has 0 saturated carbocycles.